The van der Waals surface area contributed by atoms with E-state index in [1.165, 1.54) is 16.6 Å². The van der Waals surface area contributed by atoms with Gasteiger partial charge in [-0.05, 0) is 0 Å². The summed E-state index contributed by atoms with van der Waals surface area (Å²) in [7, 11) is 4.02. The second-order valence-electron chi connectivity index (χ2n) is 3.72. The third-order valence-electron chi connectivity index (χ3n) is 2.67. The third kappa shape index (κ3) is 2.23. The minimum absolute atomic E-state index is 0.0481. The van der Waals surface area contributed by atoms with Gasteiger partial charge in [-0.15, -0.1) is 0 Å². The number of aromatic nitrogens is 1. The minimum atomic E-state index is 0.0481. The number of rotatable bonds is 4. The van der Waals surface area contributed by atoms with Crippen LogP contribution in [0.2, 0.25) is 0 Å². The Balaban J connectivity index is 2.44. The molecule has 3 nitrogen and oxygen atoms in total. The maximum absolute atomic E-state index is 3.14. The third-order valence-corrected chi connectivity index (χ3v) is 4.78. The van der Waals surface area contributed by atoms with E-state index in [1.54, 1.807) is 0 Å². The van der Waals surface area contributed by atoms with Crippen molar-refractivity contribution in [2.24, 2.45) is 0 Å². The average Bonchev–Trinajstić information content (AvgIpc) is 2.65. The van der Waals surface area contributed by atoms with E-state index in [9.17, 15) is 0 Å². The van der Waals surface area contributed by atoms with Gasteiger partial charge in [-0.3, -0.25) is 0 Å². The Bertz CT molecular complexity index is 478. The molecule has 0 bridgehead atoms. The monoisotopic (exact) mass is 330 g/mol. The van der Waals surface area contributed by atoms with E-state index in [2.05, 4.69) is 55.5 Å². The van der Waals surface area contributed by atoms with E-state index < -0.39 is 0 Å². The van der Waals surface area contributed by atoms with Crippen LogP contribution >= 0.6 is 0 Å². The number of fused-ring (bicyclic) bond motifs is 1. The summed E-state index contributed by atoms with van der Waals surface area (Å²) in [6, 6.07) is 10.9. The van der Waals surface area contributed by atoms with Crippen molar-refractivity contribution in [1.82, 2.24) is 13.2 Å². The summed E-state index contributed by atoms with van der Waals surface area (Å²) in [6.07, 6.45) is 0. The quantitative estimate of drug-likeness (QED) is 0.427. The molecule has 0 aliphatic carbocycles. The molecule has 88 valence electrons. The molecule has 2 rings (SSSR count). The first-order valence-electron chi connectivity index (χ1n) is 5.24. The van der Waals surface area contributed by atoms with E-state index in [0.717, 1.165) is 6.54 Å². The summed E-state index contributed by atoms with van der Waals surface area (Å²) < 4.78 is 2.47. The summed E-state index contributed by atoms with van der Waals surface area (Å²) in [5, 5.41) is 3.45. The van der Waals surface area contributed by atoms with Gasteiger partial charge >= 0.3 is 107 Å². The summed E-state index contributed by atoms with van der Waals surface area (Å²) in [5.41, 5.74) is 5.91. The number of benzene rings is 1. The average molecular weight is 330 g/mol. The Morgan fingerprint density at radius 2 is 2.12 bits per heavy atom. The van der Waals surface area contributed by atoms with Crippen molar-refractivity contribution in [2.75, 3.05) is 19.0 Å². The van der Waals surface area contributed by atoms with Crippen molar-refractivity contribution in [3.63, 3.8) is 0 Å². The number of nitrogens with one attached hydrogen (secondary N) is 1. The van der Waals surface area contributed by atoms with Gasteiger partial charge in [-0.1, -0.05) is 0 Å². The van der Waals surface area contributed by atoms with Crippen molar-refractivity contribution >= 4 is 10.9 Å². The molecule has 0 atom stereocenters. The van der Waals surface area contributed by atoms with Crippen LogP contribution in [0, 0.1) is 0 Å². The van der Waals surface area contributed by atoms with Gasteiger partial charge in [0, 0.05) is 0 Å². The van der Waals surface area contributed by atoms with Gasteiger partial charge in [-0.25, -0.2) is 0 Å². The van der Waals surface area contributed by atoms with E-state index in [0.29, 0.717) is 0 Å². The van der Waals surface area contributed by atoms with E-state index in [1.807, 2.05) is 7.05 Å². The SMILES string of the molecule is CNN(C)Cc1cc2ccccc2n1[I-]C. The van der Waals surface area contributed by atoms with Crippen molar-refractivity contribution in [2.45, 2.75) is 6.54 Å². The van der Waals surface area contributed by atoms with Crippen LogP contribution in [0.15, 0.2) is 30.3 Å². The van der Waals surface area contributed by atoms with Crippen LogP contribution in [0.25, 0.3) is 10.9 Å². The number of nitrogens with zero attached hydrogens (tertiary/aromatic N) is 2. The van der Waals surface area contributed by atoms with Gasteiger partial charge in [0.1, 0.15) is 0 Å². The van der Waals surface area contributed by atoms with Crippen LogP contribution < -0.4 is 26.9 Å². The number of hydrogen-bond donors (Lipinski definition) is 1. The van der Waals surface area contributed by atoms with Gasteiger partial charge < -0.3 is 0 Å². The predicted octanol–water partition coefficient (Wildman–Crippen LogP) is -1.31. The van der Waals surface area contributed by atoms with Gasteiger partial charge in [-0.2, -0.15) is 0 Å². The fourth-order valence-electron chi connectivity index (χ4n) is 1.81. The zero-order valence-electron chi connectivity index (χ0n) is 9.87. The fraction of sp³-hybridized carbons (Fsp3) is 0.333. The number of hydrazine groups is 1. The molecule has 0 fully saturated rings. The van der Waals surface area contributed by atoms with Crippen molar-refractivity contribution in [3.05, 3.63) is 36.0 Å². The molecule has 1 aromatic carbocycles. The summed E-state index contributed by atoms with van der Waals surface area (Å²) >= 11 is 0.0481. The summed E-state index contributed by atoms with van der Waals surface area (Å²) in [6.45, 7) is 0.943. The standard InChI is InChI=1S/C12H17IN3/c1-13-16-11(9-15(3)14-2)8-10-6-4-5-7-12(10)16/h4-8,14H,9H2,1-3H3/q-1. The van der Waals surface area contributed by atoms with E-state index in [-0.39, 0.29) is 21.5 Å². The topological polar surface area (TPSA) is 20.2 Å². The van der Waals surface area contributed by atoms with Crippen molar-refractivity contribution in [3.8, 4) is 0 Å². The molecule has 0 saturated carbocycles. The second kappa shape index (κ2) is 5.16. The molecule has 1 heterocycles. The Hall–Kier alpha value is -0.590. The fourth-order valence-corrected chi connectivity index (χ4v) is 3.68. The Morgan fingerprint density at radius 1 is 1.38 bits per heavy atom. The molecule has 0 amide bonds. The Morgan fingerprint density at radius 3 is 2.81 bits per heavy atom. The molecule has 4 heteroatoms. The Labute approximate surface area is 107 Å². The van der Waals surface area contributed by atoms with Gasteiger partial charge in [0.05, 0.1) is 0 Å². The first kappa shape index (κ1) is 11.9. The number of alkyl halides is 1. The molecule has 1 N–H and O–H groups in total. The molecule has 1 aromatic heterocycles. The van der Waals surface area contributed by atoms with Crippen LogP contribution in [0.5, 0.6) is 0 Å². The zero-order chi connectivity index (χ0) is 11.5. The van der Waals surface area contributed by atoms with Crippen LogP contribution in [0.3, 0.4) is 0 Å². The number of para-hydroxylation sites is 1. The van der Waals surface area contributed by atoms with Crippen molar-refractivity contribution in [1.29, 1.82) is 0 Å². The van der Waals surface area contributed by atoms with Crippen LogP contribution in [0.1, 0.15) is 5.69 Å². The van der Waals surface area contributed by atoms with E-state index in [4.69, 9.17) is 0 Å². The second-order valence-corrected chi connectivity index (χ2v) is 5.65. The van der Waals surface area contributed by atoms with Crippen molar-refractivity contribution < 1.29 is 21.5 Å². The van der Waals surface area contributed by atoms with Gasteiger partial charge in [0.25, 0.3) is 0 Å². The van der Waals surface area contributed by atoms with Crippen LogP contribution in [0.4, 0.5) is 0 Å². The van der Waals surface area contributed by atoms with E-state index >= 15 is 0 Å². The molecule has 16 heavy (non-hydrogen) atoms. The first-order valence-corrected chi connectivity index (χ1v) is 8.36. The predicted molar refractivity (Wildman–Crippen MR) is 63.8 cm³/mol. The molecule has 0 saturated heterocycles. The molecule has 0 radical (unpaired) electrons. The van der Waals surface area contributed by atoms with Crippen LogP contribution in [-0.4, -0.2) is 26.8 Å². The molecular weight excluding hydrogens is 313 g/mol. The maximum atomic E-state index is 3.14. The first-order chi connectivity index (χ1) is 7.76. The normalized spacial score (nSPS) is 11.8. The summed E-state index contributed by atoms with van der Waals surface area (Å²) in [5.74, 6) is 0. The molecule has 0 unspecified atom stereocenters. The zero-order valence-corrected chi connectivity index (χ0v) is 12.0. The van der Waals surface area contributed by atoms with Gasteiger partial charge in [0.15, 0.2) is 0 Å². The molecular formula is C12H17IN3-. The van der Waals surface area contributed by atoms with Gasteiger partial charge in [0.2, 0.25) is 0 Å². The molecule has 0 aliphatic heterocycles. The van der Waals surface area contributed by atoms with Crippen LogP contribution in [-0.2, 0) is 6.54 Å². The molecule has 0 spiro atoms. The molecule has 0 aliphatic rings. The number of halogens is 1. The number of hydrogen-bond acceptors (Lipinski definition) is 2. The summed E-state index contributed by atoms with van der Waals surface area (Å²) in [4.78, 5) is 2.30. The Kier molecular flexibility index (Phi) is 3.83. The molecule has 2 aromatic rings.